The van der Waals surface area contributed by atoms with E-state index in [1.165, 1.54) is 13.3 Å². The number of aromatic nitrogens is 1. The number of halogens is 1. The van der Waals surface area contributed by atoms with Crippen LogP contribution in [0.25, 0.3) is 0 Å². The van der Waals surface area contributed by atoms with E-state index in [9.17, 15) is 9.59 Å². The van der Waals surface area contributed by atoms with Crippen molar-refractivity contribution in [2.75, 3.05) is 13.7 Å². The smallest absolute Gasteiger partial charge is 0.326 e. The zero-order chi connectivity index (χ0) is 13.5. The third-order valence-corrected chi connectivity index (χ3v) is 2.83. The minimum atomic E-state index is -1.10. The van der Waals surface area contributed by atoms with Gasteiger partial charge in [0.1, 0.15) is 11.7 Å². The number of hydrogen-bond donors (Lipinski definition) is 2. The van der Waals surface area contributed by atoms with Crippen molar-refractivity contribution >= 4 is 27.8 Å². The van der Waals surface area contributed by atoms with E-state index >= 15 is 0 Å². The maximum absolute atomic E-state index is 11.8. The Morgan fingerprint density at radius 1 is 1.61 bits per heavy atom. The number of carbonyl (C=O) groups excluding carboxylic acids is 1. The van der Waals surface area contributed by atoms with Gasteiger partial charge in [-0.05, 0) is 28.1 Å². The second-order valence-electron chi connectivity index (χ2n) is 3.48. The van der Waals surface area contributed by atoms with Crippen molar-refractivity contribution in [3.05, 3.63) is 28.5 Å². The predicted octanol–water partition coefficient (Wildman–Crippen LogP) is 1.06. The average molecular weight is 317 g/mol. The number of rotatable bonds is 6. The second kappa shape index (κ2) is 7.07. The van der Waals surface area contributed by atoms with Gasteiger partial charge in [0.05, 0.1) is 0 Å². The molecule has 1 aromatic rings. The number of amides is 1. The Morgan fingerprint density at radius 3 is 2.89 bits per heavy atom. The summed E-state index contributed by atoms with van der Waals surface area (Å²) in [6, 6.07) is 2.33. The first-order valence-electron chi connectivity index (χ1n) is 5.19. The molecule has 0 saturated carbocycles. The average Bonchev–Trinajstić information content (AvgIpc) is 2.34. The van der Waals surface area contributed by atoms with E-state index in [1.807, 2.05) is 0 Å². The number of aliphatic carboxylic acids is 1. The van der Waals surface area contributed by atoms with Gasteiger partial charge in [0.15, 0.2) is 0 Å². The van der Waals surface area contributed by atoms with Crippen LogP contribution < -0.4 is 5.32 Å². The van der Waals surface area contributed by atoms with Crippen LogP contribution in [0.1, 0.15) is 16.9 Å². The molecule has 0 aliphatic carbocycles. The molecular formula is C11H13BrN2O4. The number of pyridine rings is 1. The zero-order valence-corrected chi connectivity index (χ0v) is 11.3. The minimum Gasteiger partial charge on any atom is -0.480 e. The quantitative estimate of drug-likeness (QED) is 0.819. The van der Waals surface area contributed by atoms with Gasteiger partial charge in [0.2, 0.25) is 0 Å². The molecule has 1 atom stereocenters. The summed E-state index contributed by atoms with van der Waals surface area (Å²) >= 11 is 3.18. The maximum Gasteiger partial charge on any atom is 0.326 e. The molecular weight excluding hydrogens is 304 g/mol. The molecule has 0 saturated heterocycles. The lowest BCUT2D eigenvalue weighted by molar-refractivity contribution is -0.139. The highest BCUT2D eigenvalue weighted by Crippen LogP contribution is 2.13. The lowest BCUT2D eigenvalue weighted by atomic mass is 10.2. The Balaban J connectivity index is 2.72. The van der Waals surface area contributed by atoms with Crippen molar-refractivity contribution in [1.82, 2.24) is 10.3 Å². The van der Waals surface area contributed by atoms with Crippen molar-refractivity contribution in [3.8, 4) is 0 Å². The molecule has 7 heteroatoms. The fourth-order valence-electron chi connectivity index (χ4n) is 1.27. The molecule has 0 radical (unpaired) electrons. The van der Waals surface area contributed by atoms with Gasteiger partial charge in [0.25, 0.3) is 5.91 Å². The standard InChI is InChI=1S/C11H13BrN2O4/c1-18-6-4-8(11(16)17)14-10(15)9-7(12)3-2-5-13-9/h2-3,5,8H,4,6H2,1H3,(H,14,15)(H,16,17). The molecule has 2 N–H and O–H groups in total. The van der Waals surface area contributed by atoms with Gasteiger partial charge in [-0.25, -0.2) is 9.78 Å². The van der Waals surface area contributed by atoms with Crippen LogP contribution in [0, 0.1) is 0 Å². The van der Waals surface area contributed by atoms with Crippen LogP contribution in [-0.4, -0.2) is 41.7 Å². The molecule has 0 aromatic carbocycles. The molecule has 0 spiro atoms. The Hall–Kier alpha value is -1.47. The number of methoxy groups -OCH3 is 1. The zero-order valence-electron chi connectivity index (χ0n) is 9.72. The van der Waals surface area contributed by atoms with Gasteiger partial charge in [-0.3, -0.25) is 4.79 Å². The Bertz CT molecular complexity index is 439. The summed E-state index contributed by atoms with van der Waals surface area (Å²) < 4.78 is 5.31. The van der Waals surface area contributed by atoms with Gasteiger partial charge in [-0.15, -0.1) is 0 Å². The molecule has 6 nitrogen and oxygen atoms in total. The fraction of sp³-hybridized carbons (Fsp3) is 0.364. The molecule has 1 unspecified atom stereocenters. The Morgan fingerprint density at radius 2 is 2.33 bits per heavy atom. The monoisotopic (exact) mass is 316 g/mol. The van der Waals surface area contributed by atoms with Crippen molar-refractivity contribution in [2.24, 2.45) is 0 Å². The number of nitrogens with zero attached hydrogens (tertiary/aromatic N) is 1. The van der Waals surface area contributed by atoms with E-state index in [-0.39, 0.29) is 18.7 Å². The van der Waals surface area contributed by atoms with E-state index in [2.05, 4.69) is 26.2 Å². The molecule has 18 heavy (non-hydrogen) atoms. The van der Waals surface area contributed by atoms with E-state index in [1.54, 1.807) is 12.1 Å². The van der Waals surface area contributed by atoms with Crippen LogP contribution in [0.15, 0.2) is 22.8 Å². The van der Waals surface area contributed by atoms with Gasteiger partial charge in [-0.1, -0.05) is 0 Å². The van der Waals surface area contributed by atoms with Gasteiger partial charge in [-0.2, -0.15) is 0 Å². The summed E-state index contributed by atoms with van der Waals surface area (Å²) in [5, 5.41) is 11.4. The summed E-state index contributed by atoms with van der Waals surface area (Å²) in [6.45, 7) is 0.251. The van der Waals surface area contributed by atoms with Crippen molar-refractivity contribution in [3.63, 3.8) is 0 Å². The summed E-state index contributed by atoms with van der Waals surface area (Å²) in [5.41, 5.74) is 0.154. The number of nitrogens with one attached hydrogen (secondary N) is 1. The number of carboxylic acid groups (broad SMARTS) is 1. The van der Waals surface area contributed by atoms with Gasteiger partial charge >= 0.3 is 5.97 Å². The maximum atomic E-state index is 11.8. The van der Waals surface area contributed by atoms with E-state index in [0.717, 1.165) is 0 Å². The highest BCUT2D eigenvalue weighted by atomic mass is 79.9. The molecule has 0 bridgehead atoms. The summed E-state index contributed by atoms with van der Waals surface area (Å²) in [4.78, 5) is 26.7. The van der Waals surface area contributed by atoms with Crippen LogP contribution in [0.3, 0.4) is 0 Å². The SMILES string of the molecule is COCCC(NC(=O)c1ncccc1Br)C(=O)O. The Labute approximate surface area is 112 Å². The number of hydrogen-bond acceptors (Lipinski definition) is 4. The largest absolute Gasteiger partial charge is 0.480 e. The molecule has 0 aliphatic rings. The van der Waals surface area contributed by atoms with Gasteiger partial charge in [0, 0.05) is 30.8 Å². The van der Waals surface area contributed by atoms with E-state index < -0.39 is 17.9 Å². The highest BCUT2D eigenvalue weighted by Gasteiger charge is 2.21. The molecule has 1 amide bonds. The lowest BCUT2D eigenvalue weighted by Gasteiger charge is -2.14. The molecule has 1 heterocycles. The molecule has 1 aromatic heterocycles. The van der Waals surface area contributed by atoms with Crippen LogP contribution >= 0.6 is 15.9 Å². The van der Waals surface area contributed by atoms with Crippen LogP contribution in [-0.2, 0) is 9.53 Å². The van der Waals surface area contributed by atoms with Crippen molar-refractivity contribution < 1.29 is 19.4 Å². The van der Waals surface area contributed by atoms with Crippen LogP contribution in [0.5, 0.6) is 0 Å². The molecule has 0 fully saturated rings. The normalized spacial score (nSPS) is 11.9. The van der Waals surface area contributed by atoms with Gasteiger partial charge < -0.3 is 15.2 Å². The van der Waals surface area contributed by atoms with E-state index in [0.29, 0.717) is 4.47 Å². The fourth-order valence-corrected chi connectivity index (χ4v) is 1.71. The van der Waals surface area contributed by atoms with Crippen LogP contribution in [0.4, 0.5) is 0 Å². The summed E-state index contributed by atoms with van der Waals surface area (Å²) in [7, 11) is 1.47. The lowest BCUT2D eigenvalue weighted by Crippen LogP contribution is -2.41. The highest BCUT2D eigenvalue weighted by molar-refractivity contribution is 9.10. The number of carboxylic acids is 1. The van der Waals surface area contributed by atoms with E-state index in [4.69, 9.17) is 9.84 Å². The molecule has 98 valence electrons. The molecule has 0 aliphatic heterocycles. The van der Waals surface area contributed by atoms with Crippen molar-refractivity contribution in [1.29, 1.82) is 0 Å². The first kappa shape index (κ1) is 14.6. The second-order valence-corrected chi connectivity index (χ2v) is 4.33. The minimum absolute atomic E-state index is 0.154. The van der Waals surface area contributed by atoms with Crippen LogP contribution in [0.2, 0.25) is 0 Å². The number of carbonyl (C=O) groups is 2. The van der Waals surface area contributed by atoms with Crippen molar-refractivity contribution in [2.45, 2.75) is 12.5 Å². The first-order chi connectivity index (χ1) is 8.56. The topological polar surface area (TPSA) is 88.5 Å². The molecule has 1 rings (SSSR count). The third kappa shape index (κ3) is 4.08. The summed E-state index contributed by atoms with van der Waals surface area (Å²) in [5.74, 6) is -1.64. The number of ether oxygens (including phenoxy) is 1. The predicted molar refractivity (Wildman–Crippen MR) is 67.3 cm³/mol. The summed E-state index contributed by atoms with van der Waals surface area (Å²) in [6.07, 6.45) is 1.66. The Kier molecular flexibility index (Phi) is 5.73. The first-order valence-corrected chi connectivity index (χ1v) is 5.98. The third-order valence-electron chi connectivity index (χ3n) is 2.19.